The molecule has 0 bridgehead atoms. The van der Waals surface area contributed by atoms with Gasteiger partial charge < -0.3 is 52.1 Å². The summed E-state index contributed by atoms with van der Waals surface area (Å²) in [6.45, 7) is 4.37. The summed E-state index contributed by atoms with van der Waals surface area (Å²) in [6.07, 6.45) is -6.28. The highest BCUT2D eigenvalue weighted by Gasteiger charge is 2.53. The summed E-state index contributed by atoms with van der Waals surface area (Å²) in [6, 6.07) is 8.78. The average Bonchev–Trinajstić information content (AvgIpc) is 3.79. The zero-order valence-electron chi connectivity index (χ0n) is 27.7. The molecule has 2 aromatic carbocycles. The maximum absolute atomic E-state index is 13.0. The van der Waals surface area contributed by atoms with Crippen molar-refractivity contribution in [3.8, 4) is 28.7 Å². The highest BCUT2D eigenvalue weighted by atomic mass is 16.7. The molecule has 6 rings (SSSR count). The number of rotatable bonds is 11. The van der Waals surface area contributed by atoms with Gasteiger partial charge in [0, 0.05) is 39.7 Å². The van der Waals surface area contributed by atoms with Crippen molar-refractivity contribution in [3.63, 3.8) is 0 Å². The molecule has 7 atom stereocenters. The van der Waals surface area contributed by atoms with E-state index in [9.17, 15) is 24.0 Å². The van der Waals surface area contributed by atoms with Gasteiger partial charge in [0.05, 0.1) is 12.5 Å². The van der Waals surface area contributed by atoms with Crippen molar-refractivity contribution in [2.75, 3.05) is 26.8 Å². The van der Waals surface area contributed by atoms with Gasteiger partial charge in [-0.15, -0.1) is 0 Å². The monoisotopic (exact) mass is 700 g/mol. The zero-order valence-corrected chi connectivity index (χ0v) is 27.7. The van der Waals surface area contributed by atoms with Crippen LogP contribution < -0.4 is 23.7 Å². The molecule has 4 aliphatic rings. The number of fused-ring (bicyclic) bond motifs is 2. The maximum Gasteiger partial charge on any atom is 0.309 e. The molecule has 50 heavy (non-hydrogen) atoms. The number of carbonyl (C=O) groups is 5. The fourth-order valence-electron chi connectivity index (χ4n) is 6.30. The van der Waals surface area contributed by atoms with Crippen molar-refractivity contribution in [2.45, 2.75) is 71.2 Å². The summed E-state index contributed by atoms with van der Waals surface area (Å²) in [7, 11) is 0. The first kappa shape index (κ1) is 34.6. The highest BCUT2D eigenvalue weighted by molar-refractivity contribution is 5.75. The molecule has 268 valence electrons. The van der Waals surface area contributed by atoms with E-state index in [2.05, 4.69) is 0 Å². The van der Waals surface area contributed by atoms with Crippen molar-refractivity contribution in [1.82, 2.24) is 0 Å². The van der Waals surface area contributed by atoms with E-state index in [-0.39, 0.29) is 44.3 Å². The third-order valence-electron chi connectivity index (χ3n) is 8.43. The molecule has 0 aliphatic carbocycles. The second kappa shape index (κ2) is 14.7. The Morgan fingerprint density at radius 1 is 0.700 bits per heavy atom. The smallest absolute Gasteiger partial charge is 0.309 e. The fourth-order valence-corrected chi connectivity index (χ4v) is 6.30. The third-order valence-corrected chi connectivity index (χ3v) is 8.43. The molecule has 0 saturated carbocycles. The van der Waals surface area contributed by atoms with Gasteiger partial charge in [-0.3, -0.25) is 24.0 Å². The summed E-state index contributed by atoms with van der Waals surface area (Å²) in [4.78, 5) is 61.5. The molecule has 2 saturated heterocycles. The molecule has 4 heterocycles. The number of cyclic esters (lactones) is 1. The van der Waals surface area contributed by atoms with Gasteiger partial charge in [0.25, 0.3) is 0 Å². The molecule has 0 amide bonds. The van der Waals surface area contributed by atoms with Crippen LogP contribution in [-0.2, 0) is 65.2 Å². The number of ether oxygens (including phenoxy) is 11. The SMILES string of the molecule is CC(=O)OCC1OC(Oc2cc3c(cc2CC2COC(=O)C2Cc2ccc4c(c2)OCO4)OCO3)C(OC(C)=O)C(OC(C)=O)C1OC(C)=O. The largest absolute Gasteiger partial charge is 0.465 e. The molecule has 7 unspecified atom stereocenters. The van der Waals surface area contributed by atoms with Gasteiger partial charge >= 0.3 is 29.8 Å². The Bertz CT molecular complexity index is 1650. The minimum absolute atomic E-state index is 0.0466. The van der Waals surface area contributed by atoms with E-state index in [1.54, 1.807) is 18.2 Å². The van der Waals surface area contributed by atoms with E-state index in [0.29, 0.717) is 35.0 Å². The van der Waals surface area contributed by atoms with Crippen LogP contribution in [0.15, 0.2) is 30.3 Å². The molecule has 0 spiro atoms. The Morgan fingerprint density at radius 3 is 2.00 bits per heavy atom. The van der Waals surface area contributed by atoms with Crippen molar-refractivity contribution < 1.29 is 76.1 Å². The van der Waals surface area contributed by atoms with E-state index in [0.717, 1.165) is 26.3 Å². The fraction of sp³-hybridized carbons (Fsp3) is 0.500. The lowest BCUT2D eigenvalue weighted by Crippen LogP contribution is -2.63. The van der Waals surface area contributed by atoms with Crippen LogP contribution in [0.4, 0.5) is 0 Å². The second-order valence-corrected chi connectivity index (χ2v) is 12.1. The average molecular weight is 701 g/mol. The van der Waals surface area contributed by atoms with Gasteiger partial charge in [-0.2, -0.15) is 0 Å². The minimum atomic E-state index is -1.49. The third kappa shape index (κ3) is 7.80. The van der Waals surface area contributed by atoms with Crippen molar-refractivity contribution in [3.05, 3.63) is 41.5 Å². The molecule has 2 fully saturated rings. The molecule has 4 aliphatic heterocycles. The number of carbonyl (C=O) groups excluding carboxylic acids is 5. The molecule has 0 aromatic heterocycles. The van der Waals surface area contributed by atoms with Crippen LogP contribution in [0.5, 0.6) is 28.7 Å². The van der Waals surface area contributed by atoms with Crippen LogP contribution in [0.25, 0.3) is 0 Å². The van der Waals surface area contributed by atoms with E-state index in [1.807, 2.05) is 12.1 Å². The van der Waals surface area contributed by atoms with Crippen LogP contribution in [0.3, 0.4) is 0 Å². The molecule has 2 aromatic rings. The van der Waals surface area contributed by atoms with Crippen LogP contribution >= 0.6 is 0 Å². The van der Waals surface area contributed by atoms with Gasteiger partial charge in [0.15, 0.2) is 35.2 Å². The van der Waals surface area contributed by atoms with E-state index in [1.165, 1.54) is 6.92 Å². The van der Waals surface area contributed by atoms with Crippen molar-refractivity contribution >= 4 is 29.8 Å². The lowest BCUT2D eigenvalue weighted by Gasteiger charge is -2.44. The predicted octanol–water partition coefficient (Wildman–Crippen LogP) is 2.18. The van der Waals surface area contributed by atoms with Crippen LogP contribution in [0.2, 0.25) is 0 Å². The first-order chi connectivity index (χ1) is 23.9. The normalized spacial score (nSPS) is 26.1. The van der Waals surface area contributed by atoms with Gasteiger partial charge in [-0.05, 0) is 42.2 Å². The highest BCUT2D eigenvalue weighted by Crippen LogP contribution is 2.43. The molecular formula is C34H36O16. The summed E-state index contributed by atoms with van der Waals surface area (Å²) in [5.41, 5.74) is 1.43. The van der Waals surface area contributed by atoms with Crippen molar-refractivity contribution in [1.29, 1.82) is 0 Å². The van der Waals surface area contributed by atoms with E-state index >= 15 is 0 Å². The molecule has 0 radical (unpaired) electrons. The summed E-state index contributed by atoms with van der Waals surface area (Å²) in [5.74, 6) is -1.91. The standard InChI is InChI=1S/C34H36O16/c1-16(35)40-13-29-30(46-17(2)36)31(47-18(3)37)32(48-19(4)38)34(50-29)49-25-11-28-27(44-15-45-28)10-21(25)9-22-12-41-33(39)23(22)7-20-5-6-24-26(8-20)43-14-42-24/h5-6,8,10-11,22-23,29-32,34H,7,9,12-15H2,1-4H3. The van der Waals surface area contributed by atoms with E-state index < -0.39 is 67.1 Å². The van der Waals surface area contributed by atoms with Gasteiger partial charge in [-0.25, -0.2) is 0 Å². The number of hydrogen-bond acceptors (Lipinski definition) is 16. The van der Waals surface area contributed by atoms with Gasteiger partial charge in [0.2, 0.25) is 26.0 Å². The summed E-state index contributed by atoms with van der Waals surface area (Å²) in [5, 5.41) is 0. The summed E-state index contributed by atoms with van der Waals surface area (Å²) < 4.78 is 62.0. The van der Waals surface area contributed by atoms with Crippen molar-refractivity contribution in [2.24, 2.45) is 11.8 Å². The Balaban J connectivity index is 1.31. The quantitative estimate of drug-likeness (QED) is 0.245. The molecule has 16 heteroatoms. The van der Waals surface area contributed by atoms with Gasteiger partial charge in [0.1, 0.15) is 18.5 Å². The van der Waals surface area contributed by atoms with Gasteiger partial charge in [-0.1, -0.05) is 6.07 Å². The maximum atomic E-state index is 13.0. The number of hydrogen-bond donors (Lipinski definition) is 0. The minimum Gasteiger partial charge on any atom is -0.465 e. The number of benzene rings is 2. The Morgan fingerprint density at radius 2 is 1.32 bits per heavy atom. The van der Waals surface area contributed by atoms with Crippen LogP contribution in [-0.4, -0.2) is 87.4 Å². The molecule has 0 N–H and O–H groups in total. The van der Waals surface area contributed by atoms with Crippen LogP contribution in [0, 0.1) is 11.8 Å². The zero-order chi connectivity index (χ0) is 35.5. The first-order valence-corrected chi connectivity index (χ1v) is 15.9. The summed E-state index contributed by atoms with van der Waals surface area (Å²) >= 11 is 0. The molecule has 16 nitrogen and oxygen atoms in total. The van der Waals surface area contributed by atoms with Crippen LogP contribution in [0.1, 0.15) is 38.8 Å². The first-order valence-electron chi connectivity index (χ1n) is 15.9. The Kier molecular flexibility index (Phi) is 10.2. The lowest BCUT2D eigenvalue weighted by atomic mass is 9.84. The van der Waals surface area contributed by atoms with E-state index in [4.69, 9.17) is 52.1 Å². The predicted molar refractivity (Wildman–Crippen MR) is 163 cm³/mol. The Labute approximate surface area is 286 Å². The Hall–Kier alpha value is -5.25. The molecular weight excluding hydrogens is 664 g/mol. The lowest BCUT2D eigenvalue weighted by molar-refractivity contribution is -0.288. The topological polar surface area (TPSA) is 187 Å². The number of esters is 5. The second-order valence-electron chi connectivity index (χ2n) is 12.1.